The van der Waals surface area contributed by atoms with Gasteiger partial charge in [0.05, 0.1) is 20.8 Å². The summed E-state index contributed by atoms with van der Waals surface area (Å²) in [6, 6.07) is 7.32. The van der Waals surface area contributed by atoms with E-state index in [1.807, 2.05) is 16.7 Å². The summed E-state index contributed by atoms with van der Waals surface area (Å²) < 4.78 is 12.0. The zero-order valence-corrected chi connectivity index (χ0v) is 11.8. The van der Waals surface area contributed by atoms with Gasteiger partial charge in [-0.3, -0.25) is 4.57 Å². The lowest BCUT2D eigenvalue weighted by Crippen LogP contribution is -2.06. The molecule has 2 N–H and O–H groups in total. The third kappa shape index (κ3) is 2.45. The molecule has 7 nitrogen and oxygen atoms in total. The molecule has 0 saturated heterocycles. The number of methoxy groups -OCH3 is 2. The number of anilines is 1. The van der Waals surface area contributed by atoms with E-state index in [-0.39, 0.29) is 0 Å². The quantitative estimate of drug-likeness (QED) is 0.781. The van der Waals surface area contributed by atoms with Crippen molar-refractivity contribution in [2.24, 2.45) is 0 Å². The highest BCUT2D eigenvalue weighted by Crippen LogP contribution is 2.20. The normalized spacial score (nSPS) is 10.8. The van der Waals surface area contributed by atoms with Crippen molar-refractivity contribution in [3.05, 3.63) is 36.0 Å². The lowest BCUT2D eigenvalue weighted by atomic mass is 10.3. The molecular formula is C14H15N5O2. The van der Waals surface area contributed by atoms with Crippen molar-refractivity contribution in [2.45, 2.75) is 6.54 Å². The van der Waals surface area contributed by atoms with Crippen LogP contribution < -0.4 is 15.2 Å². The number of nitrogen functional groups attached to an aromatic ring is 1. The molecule has 0 aromatic carbocycles. The van der Waals surface area contributed by atoms with E-state index < -0.39 is 0 Å². The number of nitrogens with two attached hydrogens (primary N) is 1. The second-order valence-corrected chi connectivity index (χ2v) is 4.46. The average Bonchev–Trinajstić information content (AvgIpc) is 2.83. The summed E-state index contributed by atoms with van der Waals surface area (Å²) in [7, 11) is 3.16. The van der Waals surface area contributed by atoms with Crippen LogP contribution >= 0.6 is 0 Å². The number of pyridine rings is 2. The lowest BCUT2D eigenvalue weighted by Gasteiger charge is -2.07. The van der Waals surface area contributed by atoms with Gasteiger partial charge in [-0.15, -0.1) is 0 Å². The van der Waals surface area contributed by atoms with Gasteiger partial charge in [-0.1, -0.05) is 6.07 Å². The summed E-state index contributed by atoms with van der Waals surface area (Å²) >= 11 is 0. The van der Waals surface area contributed by atoms with Gasteiger partial charge in [0.1, 0.15) is 5.52 Å². The van der Waals surface area contributed by atoms with Gasteiger partial charge in [0.25, 0.3) is 0 Å². The van der Waals surface area contributed by atoms with E-state index >= 15 is 0 Å². The van der Waals surface area contributed by atoms with E-state index in [2.05, 4.69) is 15.0 Å². The van der Waals surface area contributed by atoms with Crippen LogP contribution in [0.25, 0.3) is 11.2 Å². The van der Waals surface area contributed by atoms with Gasteiger partial charge in [-0.2, -0.15) is 4.98 Å². The molecule has 0 aliphatic rings. The summed E-state index contributed by atoms with van der Waals surface area (Å²) in [4.78, 5) is 12.9. The van der Waals surface area contributed by atoms with Gasteiger partial charge in [-0.05, 0) is 11.6 Å². The molecule has 0 radical (unpaired) electrons. The van der Waals surface area contributed by atoms with Crippen molar-refractivity contribution in [3.63, 3.8) is 0 Å². The first-order valence-electron chi connectivity index (χ1n) is 6.37. The standard InChI is InChI=1S/C14H15N5O2/c1-20-11-5-3-9(7-16-11)8-19-13-10(17-14(19)15)4-6-12(18-13)21-2/h3-7H,8H2,1-2H3,(H2,15,17). The second-order valence-electron chi connectivity index (χ2n) is 4.46. The Morgan fingerprint density at radius 1 is 1.05 bits per heavy atom. The molecule has 0 unspecified atom stereocenters. The first kappa shape index (κ1) is 13.2. The van der Waals surface area contributed by atoms with Gasteiger partial charge in [-0.25, -0.2) is 9.97 Å². The smallest absolute Gasteiger partial charge is 0.215 e. The van der Waals surface area contributed by atoms with E-state index in [0.717, 1.165) is 11.1 Å². The van der Waals surface area contributed by atoms with Crippen LogP contribution in [0, 0.1) is 0 Å². The Balaban J connectivity index is 2.00. The molecule has 0 amide bonds. The first-order chi connectivity index (χ1) is 10.2. The average molecular weight is 285 g/mol. The van der Waals surface area contributed by atoms with Gasteiger partial charge in [0.15, 0.2) is 5.65 Å². The van der Waals surface area contributed by atoms with E-state index in [4.69, 9.17) is 15.2 Å². The minimum Gasteiger partial charge on any atom is -0.481 e. The van der Waals surface area contributed by atoms with Crippen LogP contribution in [0.1, 0.15) is 5.56 Å². The molecule has 0 atom stereocenters. The number of hydrogen-bond donors (Lipinski definition) is 1. The molecule has 0 aliphatic carbocycles. The fourth-order valence-electron chi connectivity index (χ4n) is 2.08. The maximum atomic E-state index is 5.97. The van der Waals surface area contributed by atoms with Gasteiger partial charge < -0.3 is 15.2 Å². The van der Waals surface area contributed by atoms with Crippen molar-refractivity contribution >= 4 is 17.1 Å². The largest absolute Gasteiger partial charge is 0.481 e. The Bertz CT molecular complexity index is 767. The van der Waals surface area contributed by atoms with Crippen LogP contribution in [-0.2, 0) is 6.54 Å². The number of fused-ring (bicyclic) bond motifs is 1. The maximum Gasteiger partial charge on any atom is 0.215 e. The predicted molar refractivity (Wildman–Crippen MR) is 78.4 cm³/mol. The molecule has 0 spiro atoms. The Labute approximate surface area is 121 Å². The third-order valence-electron chi connectivity index (χ3n) is 3.15. The van der Waals surface area contributed by atoms with Crippen LogP contribution in [0.3, 0.4) is 0 Å². The van der Waals surface area contributed by atoms with Crippen LogP contribution in [0.15, 0.2) is 30.5 Å². The molecule has 7 heteroatoms. The summed E-state index contributed by atoms with van der Waals surface area (Å²) in [5.41, 5.74) is 8.37. The summed E-state index contributed by atoms with van der Waals surface area (Å²) in [6.07, 6.45) is 1.74. The molecule has 21 heavy (non-hydrogen) atoms. The Morgan fingerprint density at radius 3 is 2.48 bits per heavy atom. The molecular weight excluding hydrogens is 270 g/mol. The zero-order chi connectivity index (χ0) is 14.8. The minimum atomic E-state index is 0.404. The molecule has 108 valence electrons. The molecule has 0 fully saturated rings. The molecule has 3 aromatic heterocycles. The molecule has 3 aromatic rings. The van der Waals surface area contributed by atoms with Gasteiger partial charge in [0, 0.05) is 18.3 Å². The topological polar surface area (TPSA) is 88.1 Å². The molecule has 0 bridgehead atoms. The fourth-order valence-corrected chi connectivity index (χ4v) is 2.08. The van der Waals surface area contributed by atoms with E-state index in [1.165, 1.54) is 0 Å². The van der Waals surface area contributed by atoms with E-state index in [1.54, 1.807) is 32.5 Å². The second kappa shape index (κ2) is 5.28. The van der Waals surface area contributed by atoms with Crippen LogP contribution in [0.2, 0.25) is 0 Å². The molecule has 0 aliphatic heterocycles. The number of rotatable bonds is 4. The summed E-state index contributed by atoms with van der Waals surface area (Å²) in [5, 5.41) is 0. The zero-order valence-electron chi connectivity index (χ0n) is 11.8. The maximum absolute atomic E-state index is 5.97. The Kier molecular flexibility index (Phi) is 3.31. The SMILES string of the molecule is COc1ccc(Cn2c(N)nc3ccc(OC)nc32)cn1. The lowest BCUT2D eigenvalue weighted by molar-refractivity contribution is 0.397. The number of aromatic nitrogens is 4. The first-order valence-corrected chi connectivity index (χ1v) is 6.37. The number of ether oxygens (including phenoxy) is 2. The summed E-state index contributed by atoms with van der Waals surface area (Å²) in [6.45, 7) is 0.527. The fraction of sp³-hybridized carbons (Fsp3) is 0.214. The number of nitrogens with zero attached hydrogens (tertiary/aromatic N) is 4. The van der Waals surface area contributed by atoms with Crippen LogP contribution in [0.4, 0.5) is 5.95 Å². The highest BCUT2D eigenvalue weighted by atomic mass is 16.5. The van der Waals surface area contributed by atoms with Crippen molar-refractivity contribution < 1.29 is 9.47 Å². The van der Waals surface area contributed by atoms with Crippen molar-refractivity contribution in [2.75, 3.05) is 20.0 Å². The molecule has 0 saturated carbocycles. The van der Waals surface area contributed by atoms with Crippen molar-refractivity contribution in [1.82, 2.24) is 19.5 Å². The van der Waals surface area contributed by atoms with Crippen molar-refractivity contribution in [3.8, 4) is 11.8 Å². The third-order valence-corrected chi connectivity index (χ3v) is 3.15. The van der Waals surface area contributed by atoms with Crippen LogP contribution in [-0.4, -0.2) is 33.7 Å². The van der Waals surface area contributed by atoms with E-state index in [9.17, 15) is 0 Å². The predicted octanol–water partition coefficient (Wildman–Crippen LogP) is 1.47. The Morgan fingerprint density at radius 2 is 1.81 bits per heavy atom. The molecule has 3 heterocycles. The monoisotopic (exact) mass is 285 g/mol. The highest BCUT2D eigenvalue weighted by molar-refractivity contribution is 5.74. The Hall–Kier alpha value is -2.83. The van der Waals surface area contributed by atoms with Gasteiger partial charge >= 0.3 is 0 Å². The minimum absolute atomic E-state index is 0.404. The van der Waals surface area contributed by atoms with Crippen LogP contribution in [0.5, 0.6) is 11.8 Å². The highest BCUT2D eigenvalue weighted by Gasteiger charge is 2.11. The van der Waals surface area contributed by atoms with Crippen molar-refractivity contribution in [1.29, 1.82) is 0 Å². The van der Waals surface area contributed by atoms with E-state index in [0.29, 0.717) is 29.9 Å². The molecule has 3 rings (SSSR count). The summed E-state index contributed by atoms with van der Waals surface area (Å²) in [5.74, 6) is 1.50. The number of imidazole rings is 1. The van der Waals surface area contributed by atoms with Gasteiger partial charge in [0.2, 0.25) is 17.7 Å². The number of hydrogen-bond acceptors (Lipinski definition) is 6.